The van der Waals surface area contributed by atoms with Gasteiger partial charge in [0.1, 0.15) is 0 Å². The number of rotatable bonds is 26. The summed E-state index contributed by atoms with van der Waals surface area (Å²) in [4.78, 5) is 20.2. The van der Waals surface area contributed by atoms with Crippen LogP contribution in [0.5, 0.6) is 0 Å². The Bertz CT molecular complexity index is 391. The van der Waals surface area contributed by atoms with E-state index in [2.05, 4.69) is 20.8 Å². The van der Waals surface area contributed by atoms with E-state index in [9.17, 15) is 19.8 Å². The second kappa shape index (κ2) is 40.2. The summed E-state index contributed by atoms with van der Waals surface area (Å²) in [5.74, 6) is -1.82. The fourth-order valence-electron chi connectivity index (χ4n) is 4.07. The number of carboxylic acids is 2. The molecule has 4 nitrogen and oxygen atoms in total. The van der Waals surface area contributed by atoms with Crippen LogP contribution in [0.2, 0.25) is 4.44 Å². The van der Waals surface area contributed by atoms with Gasteiger partial charge >= 0.3 is 72.4 Å². The number of carbonyl (C=O) groups excluding carboxylic acids is 2. The fourth-order valence-corrected chi connectivity index (χ4v) is 4.78. The van der Waals surface area contributed by atoms with Crippen LogP contribution in [0.25, 0.3) is 0 Å². The summed E-state index contributed by atoms with van der Waals surface area (Å²) < 4.78 is 1.46. The number of carboxylic acid groups (broad SMARTS) is 2. The van der Waals surface area contributed by atoms with Crippen molar-refractivity contribution < 1.29 is 19.8 Å². The first-order valence-corrected chi connectivity index (χ1v) is 18.0. The molecule has 5 heteroatoms. The predicted molar refractivity (Wildman–Crippen MR) is 158 cm³/mol. The molecule has 0 N–H and O–H groups in total. The van der Waals surface area contributed by atoms with Crippen molar-refractivity contribution in [2.45, 2.75) is 192 Å². The molecule has 0 bridgehead atoms. The molecule has 0 unspecified atom stereocenters. The van der Waals surface area contributed by atoms with Gasteiger partial charge in [-0.15, -0.1) is 0 Å². The molecule has 0 saturated carbocycles. The number of hydrogen-bond acceptors (Lipinski definition) is 4. The minimum atomic E-state index is -0.909. The third-order valence-electron chi connectivity index (χ3n) is 6.50. The van der Waals surface area contributed by atoms with E-state index in [0.717, 1.165) is 25.7 Å². The van der Waals surface area contributed by atoms with Crippen molar-refractivity contribution >= 4 is 34.5 Å². The van der Waals surface area contributed by atoms with E-state index in [1.807, 2.05) is 0 Å². The molecule has 0 aromatic carbocycles. The van der Waals surface area contributed by atoms with E-state index in [4.69, 9.17) is 0 Å². The summed E-state index contributed by atoms with van der Waals surface area (Å²) in [5, 5.41) is 20.2. The van der Waals surface area contributed by atoms with Gasteiger partial charge in [-0.3, -0.25) is 0 Å². The maximum atomic E-state index is 10.1. The summed E-state index contributed by atoms with van der Waals surface area (Å²) in [6.07, 6.45) is 31.0. The van der Waals surface area contributed by atoms with Crippen LogP contribution in [0, 0.1) is 0 Å². The zero-order chi connectivity index (χ0) is 28.2. The van der Waals surface area contributed by atoms with Crippen molar-refractivity contribution in [3.63, 3.8) is 0 Å². The first-order valence-electron chi connectivity index (χ1n) is 16.0. The molecule has 0 aliphatic rings. The van der Waals surface area contributed by atoms with Gasteiger partial charge in [-0.1, -0.05) is 117 Å². The van der Waals surface area contributed by atoms with Crippen molar-refractivity contribution in [2.75, 3.05) is 0 Å². The zero-order valence-electron chi connectivity index (χ0n) is 25.2. The Kier molecular flexibility index (Phi) is 44.8. The molecular formula is C32H63O4Sn. The van der Waals surface area contributed by atoms with Crippen molar-refractivity contribution in [1.82, 2.24) is 0 Å². The average Bonchev–Trinajstić information content (AvgIpc) is 2.87. The molecule has 0 spiro atoms. The maximum absolute atomic E-state index is 10.1. The fraction of sp³-hybridized carbons (Fsp3) is 0.938. The van der Waals surface area contributed by atoms with Gasteiger partial charge in [0.05, 0.1) is 0 Å². The quantitative estimate of drug-likeness (QED) is 0.0712. The number of hydrogen-bond donors (Lipinski definition) is 0. The number of unbranched alkanes of at least 4 members (excludes halogenated alkanes) is 21. The van der Waals surface area contributed by atoms with Crippen LogP contribution in [-0.4, -0.2) is 34.5 Å². The Morgan fingerprint density at radius 2 is 0.622 bits per heavy atom. The van der Waals surface area contributed by atoms with Crippen LogP contribution in [0.15, 0.2) is 0 Å². The third kappa shape index (κ3) is 52.9. The van der Waals surface area contributed by atoms with Gasteiger partial charge in [-0.2, -0.15) is 0 Å². The summed E-state index contributed by atoms with van der Waals surface area (Å²) >= 11 is 1.71. The monoisotopic (exact) mass is 631 g/mol. The normalized spacial score (nSPS) is 10.2. The molecule has 0 saturated heterocycles. The van der Waals surface area contributed by atoms with Gasteiger partial charge in [0, 0.05) is 11.9 Å². The Labute approximate surface area is 245 Å². The summed E-state index contributed by atoms with van der Waals surface area (Å²) in [6, 6.07) is 0. The summed E-state index contributed by atoms with van der Waals surface area (Å²) in [5.41, 5.74) is 0. The topological polar surface area (TPSA) is 80.3 Å². The van der Waals surface area contributed by atoms with E-state index in [1.165, 1.54) is 133 Å². The van der Waals surface area contributed by atoms with Crippen molar-refractivity contribution in [2.24, 2.45) is 0 Å². The molecule has 0 aromatic heterocycles. The van der Waals surface area contributed by atoms with Crippen molar-refractivity contribution in [1.29, 1.82) is 0 Å². The predicted octanol–water partition coefficient (Wildman–Crippen LogP) is 8.25. The summed E-state index contributed by atoms with van der Waals surface area (Å²) in [7, 11) is 0. The van der Waals surface area contributed by atoms with Crippen molar-refractivity contribution in [3.05, 3.63) is 0 Å². The van der Waals surface area contributed by atoms with Crippen LogP contribution in [-0.2, 0) is 9.59 Å². The van der Waals surface area contributed by atoms with Gasteiger partial charge in [-0.05, 0) is 25.7 Å². The molecule has 0 fully saturated rings. The van der Waals surface area contributed by atoms with Crippen LogP contribution in [0.4, 0.5) is 0 Å². The molecule has 0 rings (SSSR count). The first-order chi connectivity index (χ1) is 18.0. The standard InChI is InChI=1S/2C12H24O2.C8H17.Sn/c2*1-2-3-4-5-6-7-8-9-10-11-12(13)14;1-3-5-7-8-6-4-2;/h2*2-11H2,1H3,(H,13,14);1,3-8H2,2H3;/q;;;+2/p-2. The van der Waals surface area contributed by atoms with E-state index in [-0.39, 0.29) is 12.8 Å². The molecule has 0 atom stereocenters. The second-order valence-corrected chi connectivity index (χ2v) is 11.8. The SMILES string of the molecule is CCCCCCCCCCCC(=O)[O-].CCCCCCCCCCCC(=O)[O-].CCCCCCC[CH2][Sn+2]. The van der Waals surface area contributed by atoms with Crippen LogP contribution in [0.3, 0.4) is 0 Å². The first kappa shape index (κ1) is 41.2. The van der Waals surface area contributed by atoms with Crippen molar-refractivity contribution in [3.8, 4) is 0 Å². The van der Waals surface area contributed by atoms with Gasteiger partial charge in [0.25, 0.3) is 0 Å². The Balaban J connectivity index is -0.000000481. The minimum absolute atomic E-state index is 0.232. The molecule has 0 heterocycles. The second-order valence-electron chi connectivity index (χ2n) is 10.4. The average molecular weight is 631 g/mol. The Hall–Kier alpha value is -0.261. The number of aliphatic carboxylic acids is 2. The Morgan fingerprint density at radius 1 is 0.405 bits per heavy atom. The molecule has 0 aliphatic carbocycles. The van der Waals surface area contributed by atoms with Crippen LogP contribution >= 0.6 is 0 Å². The molecule has 37 heavy (non-hydrogen) atoms. The van der Waals surface area contributed by atoms with E-state index < -0.39 is 11.9 Å². The van der Waals surface area contributed by atoms with Crippen LogP contribution in [0.1, 0.15) is 188 Å². The molecular weight excluding hydrogens is 567 g/mol. The molecule has 1 radical (unpaired) electrons. The summed E-state index contributed by atoms with van der Waals surface area (Å²) in [6.45, 7) is 6.71. The zero-order valence-corrected chi connectivity index (χ0v) is 28.1. The van der Waals surface area contributed by atoms with Gasteiger partial charge in [0.2, 0.25) is 0 Å². The van der Waals surface area contributed by atoms with Gasteiger partial charge in [0.15, 0.2) is 0 Å². The molecule has 0 aromatic rings. The van der Waals surface area contributed by atoms with Gasteiger partial charge < -0.3 is 19.8 Å². The van der Waals surface area contributed by atoms with Gasteiger partial charge in [-0.25, -0.2) is 0 Å². The molecule has 0 aliphatic heterocycles. The molecule has 0 amide bonds. The number of carbonyl (C=O) groups is 2. The van der Waals surface area contributed by atoms with Crippen LogP contribution < -0.4 is 10.2 Å². The molecule has 219 valence electrons. The third-order valence-corrected chi connectivity index (χ3v) is 7.51. The Morgan fingerprint density at radius 3 is 0.838 bits per heavy atom. The van der Waals surface area contributed by atoms with E-state index in [0.29, 0.717) is 0 Å². The van der Waals surface area contributed by atoms with E-state index >= 15 is 0 Å². The van der Waals surface area contributed by atoms with E-state index in [1.54, 1.807) is 22.5 Å².